The third-order valence-corrected chi connectivity index (χ3v) is 3.48. The molecule has 0 fully saturated rings. The fourth-order valence-electron chi connectivity index (χ4n) is 2.15. The van der Waals surface area contributed by atoms with Gasteiger partial charge in [-0.05, 0) is 6.42 Å². The topological polar surface area (TPSA) is 36.9 Å². The van der Waals surface area contributed by atoms with Crippen LogP contribution in [0, 0.1) is 0 Å². The number of hydrogen-bond acceptors (Lipinski definition) is 4. The van der Waals surface area contributed by atoms with Crippen molar-refractivity contribution in [2.24, 2.45) is 0 Å². The highest BCUT2D eigenvalue weighted by atomic mass is 19.1. The Kier molecular flexibility index (Phi) is 21.6. The number of halogens is 1. The van der Waals surface area contributed by atoms with Crippen LogP contribution in [0.1, 0.15) is 58.3 Å². The molecule has 140 valence electrons. The number of alkyl halides is 1. The molecule has 0 aromatic carbocycles. The molecule has 0 radical (unpaired) electrons. The smallest absolute Gasteiger partial charge is 0.113 e. The summed E-state index contributed by atoms with van der Waals surface area (Å²) >= 11 is 0. The van der Waals surface area contributed by atoms with E-state index in [4.69, 9.17) is 18.9 Å². The second kappa shape index (κ2) is 21.8. The fraction of sp³-hybridized carbons (Fsp3) is 1.00. The largest absolute Gasteiger partial charge is 0.379 e. The van der Waals surface area contributed by atoms with E-state index in [1.807, 2.05) is 0 Å². The highest BCUT2D eigenvalue weighted by Gasteiger charge is 1.94. The molecule has 4 nitrogen and oxygen atoms in total. The molecule has 0 unspecified atom stereocenters. The molecule has 0 atom stereocenters. The second-order valence-electron chi connectivity index (χ2n) is 5.61. The SMILES string of the molecule is CCCCCCCCCCOCCOCCOCCOCCF. The minimum atomic E-state index is -0.442. The first-order valence-electron chi connectivity index (χ1n) is 9.28. The van der Waals surface area contributed by atoms with Gasteiger partial charge in [0.25, 0.3) is 0 Å². The summed E-state index contributed by atoms with van der Waals surface area (Å²) in [5.41, 5.74) is 0. The van der Waals surface area contributed by atoms with E-state index in [-0.39, 0.29) is 6.61 Å². The van der Waals surface area contributed by atoms with Crippen LogP contribution in [-0.2, 0) is 18.9 Å². The molecule has 0 saturated carbocycles. The molecule has 0 aliphatic carbocycles. The van der Waals surface area contributed by atoms with E-state index in [0.29, 0.717) is 39.6 Å². The number of unbranched alkanes of at least 4 members (excludes halogenated alkanes) is 7. The van der Waals surface area contributed by atoms with E-state index in [1.165, 1.54) is 44.9 Å². The summed E-state index contributed by atoms with van der Waals surface area (Å²) in [4.78, 5) is 0. The van der Waals surface area contributed by atoms with Crippen molar-refractivity contribution in [1.29, 1.82) is 0 Å². The van der Waals surface area contributed by atoms with Crippen molar-refractivity contribution in [3.8, 4) is 0 Å². The van der Waals surface area contributed by atoms with Gasteiger partial charge in [-0.3, -0.25) is 0 Å². The third kappa shape index (κ3) is 21.8. The molecule has 0 heterocycles. The summed E-state index contributed by atoms with van der Waals surface area (Å²) < 4.78 is 32.9. The minimum Gasteiger partial charge on any atom is -0.379 e. The summed E-state index contributed by atoms with van der Waals surface area (Å²) in [6.45, 7) is 6.07. The molecular formula is C18H37FO4. The summed E-state index contributed by atoms with van der Waals surface area (Å²) in [5.74, 6) is 0. The van der Waals surface area contributed by atoms with E-state index < -0.39 is 6.67 Å². The monoisotopic (exact) mass is 336 g/mol. The van der Waals surface area contributed by atoms with Crippen LogP contribution in [0.25, 0.3) is 0 Å². The second-order valence-corrected chi connectivity index (χ2v) is 5.61. The minimum absolute atomic E-state index is 0.149. The molecule has 5 heteroatoms. The van der Waals surface area contributed by atoms with Crippen molar-refractivity contribution in [3.63, 3.8) is 0 Å². The van der Waals surface area contributed by atoms with Crippen LogP contribution < -0.4 is 0 Å². The van der Waals surface area contributed by atoms with Gasteiger partial charge in [-0.25, -0.2) is 4.39 Å². The van der Waals surface area contributed by atoms with E-state index in [0.717, 1.165) is 13.0 Å². The first kappa shape index (κ1) is 22.8. The normalized spacial score (nSPS) is 11.2. The maximum atomic E-state index is 11.7. The van der Waals surface area contributed by atoms with E-state index in [1.54, 1.807) is 0 Å². The molecule has 0 aromatic heterocycles. The quantitative estimate of drug-likeness (QED) is 0.313. The van der Waals surface area contributed by atoms with Crippen LogP contribution in [0.15, 0.2) is 0 Å². The molecule has 23 heavy (non-hydrogen) atoms. The third-order valence-electron chi connectivity index (χ3n) is 3.48. The fourth-order valence-corrected chi connectivity index (χ4v) is 2.15. The Balaban J connectivity index is 2.92. The standard InChI is InChI=1S/C18H37FO4/c1-2-3-4-5-6-7-8-9-11-20-13-15-22-17-18-23-16-14-21-12-10-19/h2-18H2,1H3. The van der Waals surface area contributed by atoms with Gasteiger partial charge in [-0.1, -0.05) is 51.9 Å². The van der Waals surface area contributed by atoms with E-state index in [9.17, 15) is 4.39 Å². The van der Waals surface area contributed by atoms with Crippen molar-refractivity contribution >= 4 is 0 Å². The maximum Gasteiger partial charge on any atom is 0.113 e. The van der Waals surface area contributed by atoms with E-state index in [2.05, 4.69) is 6.92 Å². The molecule has 0 N–H and O–H groups in total. The molecule has 0 spiro atoms. The van der Waals surface area contributed by atoms with Crippen molar-refractivity contribution in [3.05, 3.63) is 0 Å². The number of rotatable bonds is 20. The zero-order chi connectivity index (χ0) is 16.8. The van der Waals surface area contributed by atoms with Crippen LogP contribution in [0.3, 0.4) is 0 Å². The van der Waals surface area contributed by atoms with Crippen molar-refractivity contribution < 1.29 is 23.3 Å². The molecule has 0 aromatic rings. The zero-order valence-corrected chi connectivity index (χ0v) is 15.0. The molecule has 0 saturated heterocycles. The van der Waals surface area contributed by atoms with Crippen LogP contribution in [-0.4, -0.2) is 59.5 Å². The molecular weight excluding hydrogens is 299 g/mol. The Morgan fingerprint density at radius 3 is 1.35 bits per heavy atom. The first-order chi connectivity index (χ1) is 11.4. The van der Waals surface area contributed by atoms with Gasteiger partial charge in [0.15, 0.2) is 0 Å². The predicted molar refractivity (Wildman–Crippen MR) is 91.9 cm³/mol. The molecule has 0 bridgehead atoms. The molecule has 0 aliphatic heterocycles. The summed E-state index contributed by atoms with van der Waals surface area (Å²) in [6, 6.07) is 0. The van der Waals surface area contributed by atoms with Gasteiger partial charge in [-0.15, -0.1) is 0 Å². The van der Waals surface area contributed by atoms with Crippen LogP contribution in [0.2, 0.25) is 0 Å². The zero-order valence-electron chi connectivity index (χ0n) is 15.0. The lowest BCUT2D eigenvalue weighted by Gasteiger charge is -2.07. The van der Waals surface area contributed by atoms with Crippen molar-refractivity contribution in [1.82, 2.24) is 0 Å². The van der Waals surface area contributed by atoms with Crippen molar-refractivity contribution in [2.75, 3.05) is 59.5 Å². The summed E-state index contributed by atoms with van der Waals surface area (Å²) in [6.07, 6.45) is 10.6. The first-order valence-corrected chi connectivity index (χ1v) is 9.28. The van der Waals surface area contributed by atoms with Gasteiger partial charge in [-0.2, -0.15) is 0 Å². The van der Waals surface area contributed by atoms with Gasteiger partial charge in [0.2, 0.25) is 0 Å². The Bertz CT molecular complexity index is 185. The number of hydrogen-bond donors (Lipinski definition) is 0. The molecule has 0 aliphatic rings. The van der Waals surface area contributed by atoms with E-state index >= 15 is 0 Å². The molecule has 0 amide bonds. The molecule has 0 rings (SSSR count). The Morgan fingerprint density at radius 1 is 0.478 bits per heavy atom. The lowest BCUT2D eigenvalue weighted by Crippen LogP contribution is -2.12. The lowest BCUT2D eigenvalue weighted by atomic mass is 10.1. The van der Waals surface area contributed by atoms with Gasteiger partial charge in [0, 0.05) is 6.61 Å². The van der Waals surface area contributed by atoms with Gasteiger partial charge >= 0.3 is 0 Å². The predicted octanol–water partition coefficient (Wildman–Crippen LogP) is 4.16. The highest BCUT2D eigenvalue weighted by molar-refractivity contribution is 4.45. The number of ether oxygens (including phenoxy) is 4. The summed E-state index contributed by atoms with van der Waals surface area (Å²) in [7, 11) is 0. The highest BCUT2D eigenvalue weighted by Crippen LogP contribution is 2.08. The Hall–Kier alpha value is -0.230. The average molecular weight is 336 g/mol. The Morgan fingerprint density at radius 2 is 0.870 bits per heavy atom. The van der Waals surface area contributed by atoms with Crippen molar-refractivity contribution in [2.45, 2.75) is 58.3 Å². The van der Waals surface area contributed by atoms with Crippen LogP contribution in [0.4, 0.5) is 4.39 Å². The van der Waals surface area contributed by atoms with Gasteiger partial charge < -0.3 is 18.9 Å². The van der Waals surface area contributed by atoms with Gasteiger partial charge in [0.05, 0.1) is 46.2 Å². The van der Waals surface area contributed by atoms with Crippen LogP contribution >= 0.6 is 0 Å². The van der Waals surface area contributed by atoms with Gasteiger partial charge in [0.1, 0.15) is 6.67 Å². The van der Waals surface area contributed by atoms with Crippen LogP contribution in [0.5, 0.6) is 0 Å². The summed E-state index contributed by atoms with van der Waals surface area (Å²) in [5, 5.41) is 0. The Labute approximate surface area is 142 Å². The lowest BCUT2D eigenvalue weighted by molar-refractivity contribution is -0.00328. The average Bonchev–Trinajstić information content (AvgIpc) is 2.57. The maximum absolute atomic E-state index is 11.7.